The predicted molar refractivity (Wildman–Crippen MR) is 129 cm³/mol. The highest BCUT2D eigenvalue weighted by Crippen LogP contribution is 2.38. The topological polar surface area (TPSA) is 70.5 Å². The van der Waals surface area contributed by atoms with Crippen LogP contribution in [0.25, 0.3) is 11.3 Å². The Morgan fingerprint density at radius 2 is 1.94 bits per heavy atom. The van der Waals surface area contributed by atoms with Gasteiger partial charge in [0.1, 0.15) is 0 Å². The van der Waals surface area contributed by atoms with E-state index in [4.69, 9.17) is 23.2 Å². The van der Waals surface area contributed by atoms with Gasteiger partial charge in [0.25, 0.3) is 0 Å². The van der Waals surface area contributed by atoms with Crippen LogP contribution in [-0.2, 0) is 9.59 Å². The van der Waals surface area contributed by atoms with Gasteiger partial charge in [0.2, 0.25) is 5.91 Å². The molecule has 0 radical (unpaired) electrons. The van der Waals surface area contributed by atoms with Gasteiger partial charge in [0.15, 0.2) is 5.13 Å². The highest BCUT2D eigenvalue weighted by atomic mass is 35.5. The number of anilines is 1. The molecule has 4 rings (SSSR count). The quantitative estimate of drug-likeness (QED) is 0.430. The lowest BCUT2D eigenvalue weighted by Crippen LogP contribution is -2.40. The van der Waals surface area contributed by atoms with Gasteiger partial charge >= 0.3 is 5.97 Å². The number of nitrogens with zero attached hydrogens (tertiary/aromatic N) is 2. The van der Waals surface area contributed by atoms with Crippen LogP contribution in [0.2, 0.25) is 10.0 Å². The van der Waals surface area contributed by atoms with Crippen molar-refractivity contribution in [2.24, 2.45) is 5.92 Å². The molecule has 2 aromatic carbocycles. The summed E-state index contributed by atoms with van der Waals surface area (Å²) in [5.74, 6) is -2.19. The molecule has 0 bridgehead atoms. The molecule has 0 saturated carbocycles. The van der Waals surface area contributed by atoms with E-state index in [0.717, 1.165) is 5.56 Å². The minimum absolute atomic E-state index is 0.236. The molecule has 0 aliphatic carbocycles. The molecule has 3 aromatic rings. The van der Waals surface area contributed by atoms with Crippen molar-refractivity contribution in [3.63, 3.8) is 0 Å². The number of carboxylic acid groups (broad SMARTS) is 1. The van der Waals surface area contributed by atoms with Crippen LogP contribution in [0.1, 0.15) is 24.3 Å². The monoisotopic (exact) mass is 486 g/mol. The number of halogens is 2. The van der Waals surface area contributed by atoms with Crippen LogP contribution in [0.5, 0.6) is 0 Å². The second-order valence-corrected chi connectivity index (χ2v) is 9.20. The zero-order valence-corrected chi connectivity index (χ0v) is 19.3. The molecule has 0 spiro atoms. The molecule has 0 fully saturated rings. The first-order valence-corrected chi connectivity index (χ1v) is 11.7. The van der Waals surface area contributed by atoms with E-state index < -0.39 is 11.9 Å². The number of carbonyl (C=O) groups excluding carboxylic acids is 1. The number of allylic oxidation sites excluding steroid dienone is 1. The summed E-state index contributed by atoms with van der Waals surface area (Å²) in [6.07, 6.45) is 4.29. The van der Waals surface area contributed by atoms with Crippen LogP contribution in [0.4, 0.5) is 5.13 Å². The Morgan fingerprint density at radius 3 is 2.69 bits per heavy atom. The first-order chi connectivity index (χ1) is 15.4. The SMILES string of the molecule is O=C(O)C[C@@H]1C(=O)N(c2nc(-c3cc(Cl)ccc3Cl)cs2)C/C=C\C[C@@H]1c1ccccc1. The number of hydrogen-bond acceptors (Lipinski definition) is 4. The van der Waals surface area contributed by atoms with Crippen LogP contribution >= 0.6 is 34.5 Å². The minimum atomic E-state index is -1.00. The number of carbonyl (C=O) groups is 2. The number of carboxylic acids is 1. The first kappa shape index (κ1) is 22.5. The van der Waals surface area contributed by atoms with Crippen molar-refractivity contribution in [1.29, 1.82) is 0 Å². The largest absolute Gasteiger partial charge is 0.481 e. The van der Waals surface area contributed by atoms with Crippen LogP contribution in [-0.4, -0.2) is 28.5 Å². The summed E-state index contributed by atoms with van der Waals surface area (Å²) in [6.45, 7) is 0.326. The zero-order valence-electron chi connectivity index (χ0n) is 16.9. The maximum Gasteiger partial charge on any atom is 0.304 e. The molecular formula is C24H20Cl2N2O3S. The molecule has 32 heavy (non-hydrogen) atoms. The summed E-state index contributed by atoms with van der Waals surface area (Å²) in [4.78, 5) is 31.5. The van der Waals surface area contributed by atoms with E-state index in [1.165, 1.54) is 11.3 Å². The molecular weight excluding hydrogens is 467 g/mol. The standard InChI is InChI=1S/C24H20Cl2N2O3S/c25-16-9-10-20(26)19(12-16)21-14-32-24(27-21)28-11-5-4-8-17(15-6-2-1-3-7-15)18(23(28)31)13-22(29)30/h1-7,9-10,12,14,17-18H,8,11,13H2,(H,29,30)/b5-4-/t17-,18+/m1/s1. The molecule has 1 aliphatic rings. The van der Waals surface area contributed by atoms with Gasteiger partial charge in [-0.15, -0.1) is 11.3 Å². The average Bonchev–Trinajstić information content (AvgIpc) is 3.25. The number of benzene rings is 2. The smallest absolute Gasteiger partial charge is 0.304 e. The van der Waals surface area contributed by atoms with E-state index in [2.05, 4.69) is 4.98 Å². The molecule has 1 aromatic heterocycles. The molecule has 2 atom stereocenters. The third-order valence-corrected chi connectivity index (χ3v) is 6.89. The molecule has 0 unspecified atom stereocenters. The second-order valence-electron chi connectivity index (χ2n) is 7.52. The Kier molecular flexibility index (Phi) is 6.94. The van der Waals surface area contributed by atoms with E-state index in [1.54, 1.807) is 23.1 Å². The molecule has 1 aliphatic heterocycles. The van der Waals surface area contributed by atoms with E-state index in [9.17, 15) is 14.7 Å². The van der Waals surface area contributed by atoms with E-state index in [1.807, 2.05) is 47.9 Å². The molecule has 8 heteroatoms. The van der Waals surface area contributed by atoms with Gasteiger partial charge in [-0.3, -0.25) is 14.5 Å². The van der Waals surface area contributed by atoms with Crippen molar-refractivity contribution < 1.29 is 14.7 Å². The number of aromatic nitrogens is 1. The summed E-state index contributed by atoms with van der Waals surface area (Å²) in [5.41, 5.74) is 2.25. The average molecular weight is 487 g/mol. The lowest BCUT2D eigenvalue weighted by Gasteiger charge is -2.31. The molecule has 0 saturated heterocycles. The summed E-state index contributed by atoms with van der Waals surface area (Å²) in [7, 11) is 0. The van der Waals surface area contributed by atoms with Crippen molar-refractivity contribution in [1.82, 2.24) is 4.98 Å². The molecule has 1 N–H and O–H groups in total. The highest BCUT2D eigenvalue weighted by Gasteiger charge is 2.36. The number of hydrogen-bond donors (Lipinski definition) is 1. The lowest BCUT2D eigenvalue weighted by molar-refractivity contribution is -0.141. The summed E-state index contributed by atoms with van der Waals surface area (Å²) >= 11 is 13.7. The van der Waals surface area contributed by atoms with Crippen molar-refractivity contribution in [3.05, 3.63) is 81.7 Å². The van der Waals surface area contributed by atoms with Gasteiger partial charge < -0.3 is 5.11 Å². The van der Waals surface area contributed by atoms with Crippen LogP contribution in [0, 0.1) is 5.92 Å². The fourth-order valence-corrected chi connectivity index (χ4v) is 5.14. The van der Waals surface area contributed by atoms with Crippen molar-refractivity contribution in [2.75, 3.05) is 11.4 Å². The number of rotatable bonds is 5. The highest BCUT2D eigenvalue weighted by molar-refractivity contribution is 7.14. The summed E-state index contributed by atoms with van der Waals surface area (Å²) in [6, 6.07) is 14.7. The Balaban J connectivity index is 1.70. The molecule has 1 amide bonds. The fraction of sp³-hybridized carbons (Fsp3) is 0.208. The third-order valence-electron chi connectivity index (χ3n) is 5.46. The zero-order chi connectivity index (χ0) is 22.7. The van der Waals surface area contributed by atoms with Crippen molar-refractivity contribution in [3.8, 4) is 11.3 Å². The Morgan fingerprint density at radius 1 is 1.16 bits per heavy atom. The van der Waals surface area contributed by atoms with Gasteiger partial charge in [0.05, 0.1) is 23.1 Å². The van der Waals surface area contributed by atoms with Gasteiger partial charge in [-0.1, -0.05) is 65.7 Å². The van der Waals surface area contributed by atoms with E-state index >= 15 is 0 Å². The van der Waals surface area contributed by atoms with Crippen LogP contribution in [0.15, 0.2) is 66.1 Å². The maximum absolute atomic E-state index is 13.6. The number of aliphatic carboxylic acids is 1. The van der Waals surface area contributed by atoms with Crippen LogP contribution < -0.4 is 4.90 Å². The number of thiazole rings is 1. The Labute approximate surface area is 199 Å². The lowest BCUT2D eigenvalue weighted by atomic mass is 9.80. The van der Waals surface area contributed by atoms with Gasteiger partial charge in [-0.05, 0) is 36.1 Å². The Bertz CT molecular complexity index is 1160. The molecule has 5 nitrogen and oxygen atoms in total. The summed E-state index contributed by atoms with van der Waals surface area (Å²) in [5, 5.41) is 12.9. The molecule has 2 heterocycles. The van der Waals surface area contributed by atoms with Gasteiger partial charge in [0, 0.05) is 22.5 Å². The Hall–Kier alpha value is -2.67. The van der Waals surface area contributed by atoms with E-state index in [-0.39, 0.29) is 18.2 Å². The van der Waals surface area contributed by atoms with Crippen molar-refractivity contribution >= 4 is 51.5 Å². The van der Waals surface area contributed by atoms with Crippen LogP contribution in [0.3, 0.4) is 0 Å². The van der Waals surface area contributed by atoms with Gasteiger partial charge in [-0.25, -0.2) is 4.98 Å². The predicted octanol–water partition coefficient (Wildman–Crippen LogP) is 6.28. The number of amides is 1. The van der Waals surface area contributed by atoms with Crippen molar-refractivity contribution in [2.45, 2.75) is 18.8 Å². The normalized spacial score (nSPS) is 19.9. The second kappa shape index (κ2) is 9.86. The third kappa shape index (κ3) is 4.88. The molecule has 164 valence electrons. The fourth-order valence-electron chi connectivity index (χ4n) is 3.91. The maximum atomic E-state index is 13.6. The van der Waals surface area contributed by atoms with E-state index in [0.29, 0.717) is 39.4 Å². The minimum Gasteiger partial charge on any atom is -0.481 e. The van der Waals surface area contributed by atoms with Gasteiger partial charge in [-0.2, -0.15) is 0 Å². The first-order valence-electron chi connectivity index (χ1n) is 10.1. The summed E-state index contributed by atoms with van der Waals surface area (Å²) < 4.78 is 0.